The molecule has 1 heterocycles. The van der Waals surface area contributed by atoms with Gasteiger partial charge >= 0.3 is 0 Å². The zero-order valence-electron chi connectivity index (χ0n) is 9.41. The molecule has 0 aromatic heterocycles. The Hall–Kier alpha value is -1.62. The topological polar surface area (TPSA) is 55.7 Å². The number of hydrogen-bond donors (Lipinski definition) is 0. The van der Waals surface area contributed by atoms with Crippen LogP contribution in [0.4, 0.5) is 0 Å². The third-order valence-corrected chi connectivity index (χ3v) is 3.82. The van der Waals surface area contributed by atoms with E-state index in [-0.39, 0.29) is 11.8 Å². The maximum atomic E-state index is 11.2. The summed E-state index contributed by atoms with van der Waals surface area (Å²) in [6.45, 7) is 0. The Labute approximate surface area is 101 Å². The smallest absolute Gasteiger partial charge is 0.173 e. The van der Waals surface area contributed by atoms with Crippen LogP contribution in [0.25, 0.3) is 0 Å². The van der Waals surface area contributed by atoms with E-state index in [9.17, 15) is 8.42 Å². The Kier molecular flexibility index (Phi) is 3.28. The van der Waals surface area contributed by atoms with Crippen LogP contribution in [0.15, 0.2) is 40.7 Å². The molecule has 0 radical (unpaired) electrons. The molecule has 17 heavy (non-hydrogen) atoms. The van der Waals surface area contributed by atoms with Crippen LogP contribution < -0.4 is 4.74 Å². The number of rotatable bonds is 3. The fraction of sp³-hybridized carbons (Fsp3) is 0.250. The van der Waals surface area contributed by atoms with Gasteiger partial charge in [-0.2, -0.15) is 0 Å². The zero-order valence-corrected chi connectivity index (χ0v) is 10.2. The van der Waals surface area contributed by atoms with Gasteiger partial charge in [-0.25, -0.2) is 8.42 Å². The van der Waals surface area contributed by atoms with Gasteiger partial charge in [0.05, 0.1) is 18.9 Å². The van der Waals surface area contributed by atoms with Gasteiger partial charge in [0.1, 0.15) is 5.75 Å². The summed E-state index contributed by atoms with van der Waals surface area (Å²) in [5.41, 5.74) is 0.920. The number of sulfone groups is 1. The van der Waals surface area contributed by atoms with Crippen LogP contribution in [-0.2, 0) is 9.84 Å². The van der Waals surface area contributed by atoms with E-state index in [0.29, 0.717) is 0 Å². The summed E-state index contributed by atoms with van der Waals surface area (Å²) in [6.07, 6.45) is 3.28. The van der Waals surface area contributed by atoms with E-state index < -0.39 is 9.84 Å². The van der Waals surface area contributed by atoms with Crippen molar-refractivity contribution in [3.05, 3.63) is 41.3 Å². The Morgan fingerprint density at radius 3 is 2.59 bits per heavy atom. The maximum absolute atomic E-state index is 11.2. The van der Waals surface area contributed by atoms with Crippen molar-refractivity contribution in [1.82, 2.24) is 0 Å². The number of hydrogen-bond acceptors (Lipinski definition) is 4. The van der Waals surface area contributed by atoms with Crippen LogP contribution in [0.1, 0.15) is 5.56 Å². The second-order valence-corrected chi connectivity index (χ2v) is 5.71. The molecule has 1 aromatic carbocycles. The van der Waals surface area contributed by atoms with Gasteiger partial charge in [-0.3, -0.25) is 4.99 Å². The van der Waals surface area contributed by atoms with Crippen molar-refractivity contribution in [3.8, 4) is 5.75 Å². The molecule has 0 bridgehead atoms. The first kappa shape index (κ1) is 11.9. The van der Waals surface area contributed by atoms with Gasteiger partial charge in [0, 0.05) is 11.6 Å². The van der Waals surface area contributed by atoms with Gasteiger partial charge in [0.2, 0.25) is 0 Å². The summed E-state index contributed by atoms with van der Waals surface area (Å²) in [6, 6.07) is 7.15. The van der Waals surface area contributed by atoms with Crippen LogP contribution in [0.3, 0.4) is 0 Å². The second kappa shape index (κ2) is 4.71. The number of benzene rings is 1. The van der Waals surface area contributed by atoms with E-state index in [2.05, 4.69) is 4.99 Å². The van der Waals surface area contributed by atoms with Gasteiger partial charge in [-0.1, -0.05) is 0 Å². The number of aliphatic imine (C=N–C) groups is 1. The highest BCUT2D eigenvalue weighted by molar-refractivity contribution is 7.94. The summed E-state index contributed by atoms with van der Waals surface area (Å²) < 4.78 is 27.4. The average Bonchev–Trinajstić information content (AvgIpc) is 2.67. The minimum absolute atomic E-state index is 0.0691. The molecule has 0 fully saturated rings. The fourth-order valence-corrected chi connectivity index (χ4v) is 2.73. The number of ether oxygens (including phenoxy) is 1. The summed E-state index contributed by atoms with van der Waals surface area (Å²) >= 11 is 0. The molecule has 1 atom stereocenters. The minimum Gasteiger partial charge on any atom is -0.497 e. The van der Waals surface area contributed by atoms with Gasteiger partial charge in [-0.15, -0.1) is 0 Å². The lowest BCUT2D eigenvalue weighted by molar-refractivity contribution is 0.415. The first-order chi connectivity index (χ1) is 8.09. The molecule has 4 nitrogen and oxygen atoms in total. The highest BCUT2D eigenvalue weighted by Crippen LogP contribution is 2.13. The van der Waals surface area contributed by atoms with Crippen LogP contribution in [0.5, 0.6) is 5.75 Å². The maximum Gasteiger partial charge on any atom is 0.173 e. The average molecular weight is 251 g/mol. The molecule has 1 aliphatic rings. The lowest BCUT2D eigenvalue weighted by atomic mass is 10.2. The van der Waals surface area contributed by atoms with Crippen molar-refractivity contribution in [2.75, 3.05) is 12.9 Å². The number of nitrogens with zero attached hydrogens (tertiary/aromatic N) is 1. The van der Waals surface area contributed by atoms with Crippen LogP contribution in [0.2, 0.25) is 0 Å². The fourth-order valence-electron chi connectivity index (χ4n) is 1.52. The molecule has 0 amide bonds. The first-order valence-corrected chi connectivity index (χ1v) is 6.89. The SMILES string of the molecule is COc1ccc(C=N[C@@H]2C=CS(=O)(=O)C2)cc1. The Balaban J connectivity index is 2.04. The lowest BCUT2D eigenvalue weighted by Gasteiger charge is -2.00. The monoisotopic (exact) mass is 251 g/mol. The van der Waals surface area contributed by atoms with Crippen molar-refractivity contribution in [1.29, 1.82) is 0 Å². The van der Waals surface area contributed by atoms with Crippen LogP contribution >= 0.6 is 0 Å². The van der Waals surface area contributed by atoms with Gasteiger partial charge in [-0.05, 0) is 35.9 Å². The Morgan fingerprint density at radius 2 is 2.06 bits per heavy atom. The van der Waals surface area contributed by atoms with Crippen molar-refractivity contribution in [2.24, 2.45) is 4.99 Å². The van der Waals surface area contributed by atoms with Gasteiger partial charge < -0.3 is 4.74 Å². The van der Waals surface area contributed by atoms with E-state index >= 15 is 0 Å². The summed E-state index contributed by atoms with van der Waals surface area (Å²) in [4.78, 5) is 4.21. The largest absolute Gasteiger partial charge is 0.497 e. The molecule has 0 spiro atoms. The summed E-state index contributed by atoms with van der Waals surface area (Å²) in [5.74, 6) is 0.852. The Bertz CT molecular complexity index is 544. The zero-order chi connectivity index (χ0) is 12.3. The normalized spacial score (nSPS) is 22.1. The highest BCUT2D eigenvalue weighted by Gasteiger charge is 2.19. The van der Waals surface area contributed by atoms with Gasteiger partial charge in [0.25, 0.3) is 0 Å². The summed E-state index contributed by atoms with van der Waals surface area (Å²) in [7, 11) is -1.42. The third-order valence-electron chi connectivity index (χ3n) is 2.44. The van der Waals surface area contributed by atoms with E-state index in [0.717, 1.165) is 11.3 Å². The van der Waals surface area contributed by atoms with Crippen molar-refractivity contribution < 1.29 is 13.2 Å². The molecule has 90 valence electrons. The molecule has 1 aliphatic heterocycles. The van der Waals surface area contributed by atoms with Gasteiger partial charge in [0.15, 0.2) is 9.84 Å². The summed E-state index contributed by atoms with van der Waals surface area (Å²) in [5, 5.41) is 1.23. The molecule has 0 saturated heterocycles. The van der Waals surface area contributed by atoms with E-state index in [1.807, 2.05) is 24.3 Å². The predicted molar refractivity (Wildman–Crippen MR) is 67.3 cm³/mol. The molecule has 0 N–H and O–H groups in total. The Morgan fingerprint density at radius 1 is 1.35 bits per heavy atom. The minimum atomic E-state index is -3.02. The van der Waals surface area contributed by atoms with E-state index in [1.165, 1.54) is 5.41 Å². The van der Waals surface area contributed by atoms with Crippen molar-refractivity contribution >= 4 is 16.1 Å². The number of methoxy groups -OCH3 is 1. The predicted octanol–water partition coefficient (Wildman–Crippen LogP) is 1.42. The lowest BCUT2D eigenvalue weighted by Crippen LogP contribution is -2.08. The van der Waals surface area contributed by atoms with Crippen LogP contribution in [0, 0.1) is 0 Å². The molecule has 5 heteroatoms. The third kappa shape index (κ3) is 3.17. The molecule has 0 saturated carbocycles. The molecule has 2 rings (SSSR count). The first-order valence-electron chi connectivity index (χ1n) is 5.17. The standard InChI is InChI=1S/C12H13NO3S/c1-16-12-4-2-10(3-5-12)8-13-11-6-7-17(14,15)9-11/h2-8,11H,9H2,1H3/t11-/m1/s1. The highest BCUT2D eigenvalue weighted by atomic mass is 32.2. The molecular weight excluding hydrogens is 238 g/mol. The van der Waals surface area contributed by atoms with Crippen molar-refractivity contribution in [3.63, 3.8) is 0 Å². The molecule has 1 aromatic rings. The molecular formula is C12H13NO3S. The van der Waals surface area contributed by atoms with E-state index in [4.69, 9.17) is 4.74 Å². The van der Waals surface area contributed by atoms with Crippen molar-refractivity contribution in [2.45, 2.75) is 6.04 Å². The molecule has 0 aliphatic carbocycles. The molecule has 0 unspecified atom stereocenters. The quantitative estimate of drug-likeness (QED) is 0.763. The van der Waals surface area contributed by atoms with E-state index in [1.54, 1.807) is 19.4 Å². The van der Waals surface area contributed by atoms with Crippen LogP contribution in [-0.4, -0.2) is 33.5 Å². The second-order valence-electron chi connectivity index (χ2n) is 3.78.